The Hall–Kier alpha value is -3.64. The van der Waals surface area contributed by atoms with Crippen molar-refractivity contribution in [2.75, 3.05) is 11.9 Å². The molecule has 0 bridgehead atoms. The molecule has 7 nitrogen and oxygen atoms in total. The third-order valence-corrected chi connectivity index (χ3v) is 6.98. The predicted octanol–water partition coefficient (Wildman–Crippen LogP) is 6.50. The molecular weight excluding hydrogens is 508 g/mol. The first-order valence-electron chi connectivity index (χ1n) is 12.5. The average Bonchev–Trinajstić information content (AvgIpc) is 3.62. The van der Waals surface area contributed by atoms with Gasteiger partial charge < -0.3 is 5.32 Å². The van der Waals surface area contributed by atoms with Gasteiger partial charge in [0.05, 0.1) is 27.8 Å². The largest absolute Gasteiger partial charge is 0.383 e. The Morgan fingerprint density at radius 2 is 2.00 bits per heavy atom. The van der Waals surface area contributed by atoms with E-state index < -0.39 is 17.8 Å². The van der Waals surface area contributed by atoms with Crippen molar-refractivity contribution in [1.29, 1.82) is 5.26 Å². The standard InChI is InChI=1S/C28H28ClF2N7/c1-15-19(7-8-23(30)35-15)20(26-27(31)38(37-36-26)18-5-6-18)9-16-10-21-24(34-14-28(2,3)4)17(12-32)13-33-25(21)22(29)11-16/h7-8,10-11,13,18,20H,5-6,9,14H2,1-4H3,(H,33,34)/t20-/m0/s1. The fourth-order valence-electron chi connectivity index (χ4n) is 4.62. The lowest BCUT2D eigenvalue weighted by Crippen LogP contribution is -2.19. The number of hydrogen-bond acceptors (Lipinski definition) is 6. The van der Waals surface area contributed by atoms with Gasteiger partial charge >= 0.3 is 0 Å². The van der Waals surface area contributed by atoms with Crippen molar-refractivity contribution in [3.63, 3.8) is 0 Å². The monoisotopic (exact) mass is 535 g/mol. The average molecular weight is 536 g/mol. The van der Waals surface area contributed by atoms with Crippen LogP contribution in [-0.2, 0) is 6.42 Å². The molecule has 1 N–H and O–H groups in total. The fraction of sp³-hybridized carbons (Fsp3) is 0.393. The van der Waals surface area contributed by atoms with Gasteiger partial charge in [-0.2, -0.15) is 14.0 Å². The molecule has 1 aromatic carbocycles. The first-order chi connectivity index (χ1) is 18.1. The molecule has 10 heteroatoms. The Kier molecular flexibility index (Phi) is 6.78. The number of rotatable bonds is 7. The summed E-state index contributed by atoms with van der Waals surface area (Å²) >= 11 is 6.69. The molecule has 196 valence electrons. The summed E-state index contributed by atoms with van der Waals surface area (Å²) < 4.78 is 30.7. The highest BCUT2D eigenvalue weighted by Gasteiger charge is 2.33. The molecule has 0 unspecified atom stereocenters. The third kappa shape index (κ3) is 5.18. The summed E-state index contributed by atoms with van der Waals surface area (Å²) in [5.74, 6) is -1.68. The van der Waals surface area contributed by atoms with E-state index in [0.717, 1.165) is 18.4 Å². The van der Waals surface area contributed by atoms with E-state index >= 15 is 4.39 Å². The number of halogens is 3. The van der Waals surface area contributed by atoms with E-state index in [-0.39, 0.29) is 17.2 Å². The van der Waals surface area contributed by atoms with Gasteiger partial charge in [0, 0.05) is 29.7 Å². The number of anilines is 1. The minimum Gasteiger partial charge on any atom is -0.383 e. The van der Waals surface area contributed by atoms with Crippen LogP contribution in [0.25, 0.3) is 10.9 Å². The van der Waals surface area contributed by atoms with Crippen LogP contribution in [0.4, 0.5) is 14.5 Å². The molecule has 4 aromatic rings. The van der Waals surface area contributed by atoms with Gasteiger partial charge in [-0.15, -0.1) is 5.10 Å². The van der Waals surface area contributed by atoms with Gasteiger partial charge in [-0.25, -0.2) is 9.67 Å². The van der Waals surface area contributed by atoms with Crippen molar-refractivity contribution >= 4 is 28.2 Å². The SMILES string of the molecule is Cc1nc(F)ccc1[C@H](Cc1cc(Cl)c2ncc(C#N)c(NCC(C)(C)C)c2c1)c1nnn(C2CC2)c1F. The maximum atomic E-state index is 15.5. The molecule has 0 amide bonds. The van der Waals surface area contributed by atoms with E-state index in [1.807, 2.05) is 6.07 Å². The van der Waals surface area contributed by atoms with Crippen LogP contribution >= 0.6 is 11.6 Å². The quantitative estimate of drug-likeness (QED) is 0.271. The van der Waals surface area contributed by atoms with E-state index in [1.165, 1.54) is 16.9 Å². The van der Waals surface area contributed by atoms with E-state index in [0.29, 0.717) is 51.4 Å². The summed E-state index contributed by atoms with van der Waals surface area (Å²) in [6.07, 6.45) is 3.54. The van der Waals surface area contributed by atoms with Crippen LogP contribution in [0.1, 0.15) is 73.7 Å². The topological polar surface area (TPSA) is 92.3 Å². The van der Waals surface area contributed by atoms with Crippen molar-refractivity contribution in [3.8, 4) is 6.07 Å². The Morgan fingerprint density at radius 3 is 2.66 bits per heavy atom. The van der Waals surface area contributed by atoms with Crippen LogP contribution in [0.5, 0.6) is 0 Å². The summed E-state index contributed by atoms with van der Waals surface area (Å²) in [7, 11) is 0. The molecule has 0 aliphatic heterocycles. The van der Waals surface area contributed by atoms with E-state index in [4.69, 9.17) is 11.6 Å². The Labute approximate surface area is 224 Å². The van der Waals surface area contributed by atoms with Gasteiger partial charge in [0.15, 0.2) is 0 Å². The first kappa shape index (κ1) is 26.0. The second kappa shape index (κ2) is 9.91. The molecule has 1 fully saturated rings. The number of nitriles is 1. The van der Waals surface area contributed by atoms with E-state index in [2.05, 4.69) is 52.4 Å². The Morgan fingerprint density at radius 1 is 1.24 bits per heavy atom. The maximum absolute atomic E-state index is 15.5. The second-order valence-electron chi connectivity index (χ2n) is 11.1. The lowest BCUT2D eigenvalue weighted by Gasteiger charge is -2.22. The molecular formula is C28H28ClF2N7. The Bertz CT molecular complexity index is 1560. The minimum absolute atomic E-state index is 0.0198. The third-order valence-electron chi connectivity index (χ3n) is 6.69. The summed E-state index contributed by atoms with van der Waals surface area (Å²) in [5, 5.41) is 22.6. The molecule has 0 spiro atoms. The van der Waals surface area contributed by atoms with Gasteiger partial charge in [-0.1, -0.05) is 43.7 Å². The molecule has 5 rings (SSSR count). The van der Waals surface area contributed by atoms with Gasteiger partial charge in [0.25, 0.3) is 0 Å². The molecule has 1 saturated carbocycles. The molecule has 1 atom stereocenters. The van der Waals surface area contributed by atoms with Crippen LogP contribution in [-0.4, -0.2) is 31.5 Å². The summed E-state index contributed by atoms with van der Waals surface area (Å²) in [6, 6.07) is 8.83. The van der Waals surface area contributed by atoms with Crippen molar-refractivity contribution < 1.29 is 8.78 Å². The lowest BCUT2D eigenvalue weighted by atomic mass is 9.88. The highest BCUT2D eigenvalue weighted by Crippen LogP contribution is 2.39. The number of aromatic nitrogens is 5. The minimum atomic E-state index is -0.606. The van der Waals surface area contributed by atoms with Gasteiger partial charge in [-0.3, -0.25) is 4.98 Å². The van der Waals surface area contributed by atoms with Gasteiger partial charge in [-0.05, 0) is 60.9 Å². The van der Waals surface area contributed by atoms with Crippen molar-refractivity contribution in [2.24, 2.45) is 5.41 Å². The van der Waals surface area contributed by atoms with Gasteiger partial charge in [0.1, 0.15) is 11.8 Å². The zero-order valence-electron chi connectivity index (χ0n) is 21.7. The molecule has 0 radical (unpaired) electrons. The summed E-state index contributed by atoms with van der Waals surface area (Å²) in [5.41, 5.74) is 3.65. The normalized spacial score (nSPS) is 14.5. The number of fused-ring (bicyclic) bond motifs is 1. The van der Waals surface area contributed by atoms with Gasteiger partial charge in [0.2, 0.25) is 11.9 Å². The van der Waals surface area contributed by atoms with E-state index in [1.54, 1.807) is 19.1 Å². The Balaban J connectivity index is 1.62. The van der Waals surface area contributed by atoms with Crippen LogP contribution in [0.2, 0.25) is 5.02 Å². The zero-order chi connectivity index (χ0) is 27.2. The second-order valence-corrected chi connectivity index (χ2v) is 11.5. The van der Waals surface area contributed by atoms with Crippen molar-refractivity contribution in [1.82, 2.24) is 25.0 Å². The summed E-state index contributed by atoms with van der Waals surface area (Å²) in [6.45, 7) is 8.61. The molecule has 3 heterocycles. The van der Waals surface area contributed by atoms with Crippen molar-refractivity contribution in [3.05, 3.63) is 75.5 Å². The zero-order valence-corrected chi connectivity index (χ0v) is 22.4. The molecule has 3 aromatic heterocycles. The number of hydrogen-bond donors (Lipinski definition) is 1. The van der Waals surface area contributed by atoms with Crippen LogP contribution < -0.4 is 5.32 Å². The molecule has 1 aliphatic carbocycles. The van der Waals surface area contributed by atoms with Crippen LogP contribution in [0, 0.1) is 35.6 Å². The highest BCUT2D eigenvalue weighted by atomic mass is 35.5. The van der Waals surface area contributed by atoms with Crippen LogP contribution in [0.15, 0.2) is 30.5 Å². The number of pyridine rings is 2. The highest BCUT2D eigenvalue weighted by molar-refractivity contribution is 6.35. The fourth-order valence-corrected chi connectivity index (χ4v) is 4.91. The number of benzene rings is 1. The molecule has 1 aliphatic rings. The summed E-state index contributed by atoms with van der Waals surface area (Å²) in [4.78, 5) is 8.40. The number of aryl methyl sites for hydroxylation is 1. The molecule has 38 heavy (non-hydrogen) atoms. The van der Waals surface area contributed by atoms with E-state index in [9.17, 15) is 9.65 Å². The molecule has 0 saturated heterocycles. The predicted molar refractivity (Wildman–Crippen MR) is 142 cm³/mol. The smallest absolute Gasteiger partial charge is 0.235 e. The van der Waals surface area contributed by atoms with Crippen LogP contribution in [0.3, 0.4) is 0 Å². The lowest BCUT2D eigenvalue weighted by molar-refractivity contribution is 0.443. The van der Waals surface area contributed by atoms with Crippen molar-refractivity contribution in [2.45, 2.75) is 58.9 Å². The maximum Gasteiger partial charge on any atom is 0.235 e. The first-order valence-corrected chi connectivity index (χ1v) is 12.9. The number of nitrogens with one attached hydrogen (secondary N) is 1. The number of nitrogens with zero attached hydrogens (tertiary/aromatic N) is 6.